The molecule has 1 aromatic carbocycles. The van der Waals surface area contributed by atoms with E-state index in [-0.39, 0.29) is 6.61 Å². The van der Waals surface area contributed by atoms with Gasteiger partial charge < -0.3 is 10.1 Å². The summed E-state index contributed by atoms with van der Waals surface area (Å²) in [6.07, 6.45) is 2.65. The zero-order valence-electron chi connectivity index (χ0n) is 10.2. The minimum Gasteiger partial charge on any atom is -0.478 e. The number of nitrogens with zero attached hydrogens (tertiary/aromatic N) is 1. The van der Waals surface area contributed by atoms with Crippen molar-refractivity contribution in [2.24, 2.45) is 5.41 Å². The molecule has 0 atom stereocenters. The predicted molar refractivity (Wildman–Crippen MR) is 66.6 cm³/mol. The van der Waals surface area contributed by atoms with Gasteiger partial charge in [-0.15, -0.1) is 0 Å². The minimum absolute atomic E-state index is 0.106. The summed E-state index contributed by atoms with van der Waals surface area (Å²) in [6.45, 7) is 4.27. The average molecular weight is 230 g/mol. The highest BCUT2D eigenvalue weighted by atomic mass is 16.5. The second kappa shape index (κ2) is 5.20. The van der Waals surface area contributed by atoms with Crippen LogP contribution < -0.4 is 10.1 Å². The van der Waals surface area contributed by atoms with Crippen LogP contribution in [-0.2, 0) is 6.54 Å². The molecule has 1 aliphatic carbocycles. The van der Waals surface area contributed by atoms with Crippen LogP contribution in [0.4, 0.5) is 0 Å². The third-order valence-electron chi connectivity index (χ3n) is 3.24. The van der Waals surface area contributed by atoms with Crippen LogP contribution in [0.3, 0.4) is 0 Å². The standard InChI is InChI=1S/C14H18N2O/c1-14(6-7-14)11-16-10-12-4-2-3-5-13(12)17-9-8-15/h2-5,16H,6-7,9-11H2,1H3. The molecule has 0 amide bonds. The molecule has 0 aromatic heterocycles. The normalized spacial score (nSPS) is 16.2. The monoisotopic (exact) mass is 230 g/mol. The summed E-state index contributed by atoms with van der Waals surface area (Å²) in [5, 5.41) is 12.0. The Bertz CT molecular complexity index is 418. The Morgan fingerprint density at radius 3 is 2.88 bits per heavy atom. The average Bonchev–Trinajstić information content (AvgIpc) is 3.06. The fraction of sp³-hybridized carbons (Fsp3) is 0.500. The van der Waals surface area contributed by atoms with E-state index in [4.69, 9.17) is 10.00 Å². The highest BCUT2D eigenvalue weighted by molar-refractivity contribution is 5.33. The molecule has 0 saturated heterocycles. The molecule has 0 spiro atoms. The second-order valence-electron chi connectivity index (χ2n) is 4.97. The van der Waals surface area contributed by atoms with Gasteiger partial charge in [0.25, 0.3) is 0 Å². The molecule has 0 radical (unpaired) electrons. The molecule has 1 aliphatic rings. The Kier molecular flexibility index (Phi) is 3.65. The molecule has 1 N–H and O–H groups in total. The lowest BCUT2D eigenvalue weighted by Gasteiger charge is -2.12. The van der Waals surface area contributed by atoms with E-state index >= 15 is 0 Å². The summed E-state index contributed by atoms with van der Waals surface area (Å²) in [6, 6.07) is 9.86. The molecular formula is C14H18N2O. The van der Waals surface area contributed by atoms with Crippen LogP contribution >= 0.6 is 0 Å². The fourth-order valence-electron chi connectivity index (χ4n) is 1.79. The number of nitrogens with one attached hydrogen (secondary N) is 1. The first-order valence-corrected chi connectivity index (χ1v) is 6.02. The summed E-state index contributed by atoms with van der Waals surface area (Å²) in [7, 11) is 0. The van der Waals surface area contributed by atoms with Gasteiger partial charge in [0.2, 0.25) is 0 Å². The molecule has 1 aromatic rings. The van der Waals surface area contributed by atoms with Gasteiger partial charge in [0.05, 0.1) is 0 Å². The van der Waals surface area contributed by atoms with Crippen molar-refractivity contribution in [1.29, 1.82) is 5.26 Å². The number of para-hydroxylation sites is 1. The predicted octanol–water partition coefficient (Wildman–Crippen LogP) is 2.48. The lowest BCUT2D eigenvalue weighted by Crippen LogP contribution is -2.21. The zero-order chi connectivity index (χ0) is 12.1. The van der Waals surface area contributed by atoms with E-state index in [9.17, 15) is 0 Å². The van der Waals surface area contributed by atoms with E-state index in [2.05, 4.69) is 12.2 Å². The van der Waals surface area contributed by atoms with Crippen LogP contribution in [-0.4, -0.2) is 13.2 Å². The van der Waals surface area contributed by atoms with Crippen LogP contribution in [0.15, 0.2) is 24.3 Å². The maximum atomic E-state index is 8.52. The van der Waals surface area contributed by atoms with E-state index in [1.807, 2.05) is 30.3 Å². The number of benzene rings is 1. The van der Waals surface area contributed by atoms with Crippen LogP contribution in [0.2, 0.25) is 0 Å². The lowest BCUT2D eigenvalue weighted by atomic mass is 10.1. The summed E-state index contributed by atoms with van der Waals surface area (Å²) < 4.78 is 5.38. The van der Waals surface area contributed by atoms with Crippen molar-refractivity contribution in [3.05, 3.63) is 29.8 Å². The number of hydrogen-bond acceptors (Lipinski definition) is 3. The van der Waals surface area contributed by atoms with Crippen molar-refractivity contribution in [2.75, 3.05) is 13.2 Å². The van der Waals surface area contributed by atoms with E-state index < -0.39 is 0 Å². The third kappa shape index (κ3) is 3.47. The summed E-state index contributed by atoms with van der Waals surface area (Å²) in [4.78, 5) is 0. The highest BCUT2D eigenvalue weighted by Gasteiger charge is 2.36. The molecule has 2 rings (SSSR count). The van der Waals surface area contributed by atoms with E-state index in [0.29, 0.717) is 5.41 Å². The largest absolute Gasteiger partial charge is 0.478 e. The number of hydrogen-bond donors (Lipinski definition) is 1. The van der Waals surface area contributed by atoms with Crippen molar-refractivity contribution in [1.82, 2.24) is 5.32 Å². The quantitative estimate of drug-likeness (QED) is 0.816. The minimum atomic E-state index is 0.106. The van der Waals surface area contributed by atoms with Crippen LogP contribution in [0.25, 0.3) is 0 Å². The van der Waals surface area contributed by atoms with E-state index in [1.54, 1.807) is 0 Å². The molecule has 0 bridgehead atoms. The molecule has 0 aliphatic heterocycles. The first kappa shape index (κ1) is 11.9. The third-order valence-corrected chi connectivity index (χ3v) is 3.24. The van der Waals surface area contributed by atoms with Crippen molar-refractivity contribution < 1.29 is 4.74 Å². The van der Waals surface area contributed by atoms with Gasteiger partial charge in [-0.3, -0.25) is 0 Å². The molecule has 0 heterocycles. The first-order valence-electron chi connectivity index (χ1n) is 6.02. The van der Waals surface area contributed by atoms with Crippen molar-refractivity contribution in [3.63, 3.8) is 0 Å². The first-order chi connectivity index (χ1) is 8.23. The highest BCUT2D eigenvalue weighted by Crippen LogP contribution is 2.44. The topological polar surface area (TPSA) is 45.0 Å². The zero-order valence-corrected chi connectivity index (χ0v) is 10.2. The SMILES string of the molecule is CC1(CNCc2ccccc2OCC#N)CC1. The van der Waals surface area contributed by atoms with Gasteiger partial charge in [-0.2, -0.15) is 5.26 Å². The van der Waals surface area contributed by atoms with Crippen LogP contribution in [0, 0.1) is 16.7 Å². The van der Waals surface area contributed by atoms with Gasteiger partial charge >= 0.3 is 0 Å². The van der Waals surface area contributed by atoms with Gasteiger partial charge in [-0.05, 0) is 24.3 Å². The smallest absolute Gasteiger partial charge is 0.174 e. The molecule has 3 nitrogen and oxygen atoms in total. The Morgan fingerprint density at radius 2 is 2.18 bits per heavy atom. The van der Waals surface area contributed by atoms with Crippen molar-refractivity contribution in [3.8, 4) is 11.8 Å². The Hall–Kier alpha value is -1.53. The second-order valence-corrected chi connectivity index (χ2v) is 4.97. The maximum Gasteiger partial charge on any atom is 0.174 e. The molecule has 0 unspecified atom stereocenters. The lowest BCUT2D eigenvalue weighted by molar-refractivity contribution is 0.361. The summed E-state index contributed by atoms with van der Waals surface area (Å²) in [5.74, 6) is 0.808. The summed E-state index contributed by atoms with van der Waals surface area (Å²) >= 11 is 0. The molecular weight excluding hydrogens is 212 g/mol. The Balaban J connectivity index is 1.88. The van der Waals surface area contributed by atoms with Gasteiger partial charge in [0, 0.05) is 18.7 Å². The van der Waals surface area contributed by atoms with Gasteiger partial charge in [-0.1, -0.05) is 25.1 Å². The van der Waals surface area contributed by atoms with Crippen LogP contribution in [0.5, 0.6) is 5.75 Å². The van der Waals surface area contributed by atoms with Gasteiger partial charge in [0.15, 0.2) is 6.61 Å². The number of nitriles is 1. The molecule has 1 saturated carbocycles. The fourth-order valence-corrected chi connectivity index (χ4v) is 1.79. The van der Waals surface area contributed by atoms with E-state index in [0.717, 1.165) is 24.4 Å². The Labute approximate surface area is 102 Å². The van der Waals surface area contributed by atoms with Crippen LogP contribution in [0.1, 0.15) is 25.3 Å². The maximum absolute atomic E-state index is 8.52. The number of rotatable bonds is 6. The van der Waals surface area contributed by atoms with Crippen molar-refractivity contribution in [2.45, 2.75) is 26.3 Å². The van der Waals surface area contributed by atoms with Gasteiger partial charge in [0.1, 0.15) is 11.8 Å². The molecule has 1 fully saturated rings. The van der Waals surface area contributed by atoms with E-state index in [1.165, 1.54) is 12.8 Å². The van der Waals surface area contributed by atoms with Gasteiger partial charge in [-0.25, -0.2) is 0 Å². The summed E-state index contributed by atoms with van der Waals surface area (Å²) in [5.41, 5.74) is 1.63. The van der Waals surface area contributed by atoms with Crippen molar-refractivity contribution >= 4 is 0 Å². The number of ether oxygens (including phenoxy) is 1. The molecule has 90 valence electrons. The molecule has 3 heteroatoms. The Morgan fingerprint density at radius 1 is 1.41 bits per heavy atom. The molecule has 17 heavy (non-hydrogen) atoms.